The summed E-state index contributed by atoms with van der Waals surface area (Å²) in [6.07, 6.45) is 0. The van der Waals surface area contributed by atoms with Gasteiger partial charge in [-0.15, -0.1) is 11.3 Å². The minimum atomic E-state index is 1.14. The van der Waals surface area contributed by atoms with Crippen LogP contribution < -0.4 is 4.90 Å². The third-order valence-corrected chi connectivity index (χ3v) is 15.1. The topological polar surface area (TPSA) is 18.0 Å². The molecule has 5 heteroatoms. The largest absolute Gasteiger partial charge is 0.344 e. The summed E-state index contributed by atoms with van der Waals surface area (Å²) in [5.74, 6) is 0. The minimum Gasteiger partial charge on any atom is -0.344 e. The van der Waals surface area contributed by atoms with Crippen molar-refractivity contribution in [3.63, 3.8) is 0 Å². The molecule has 0 radical (unpaired) electrons. The van der Waals surface area contributed by atoms with E-state index >= 15 is 0 Å². The maximum Gasteiger partial charge on any atom is 0.0555 e. The molecule has 4 heterocycles. The zero-order chi connectivity index (χ0) is 47.5. The number of rotatable bonds is 6. The highest BCUT2D eigenvalue weighted by molar-refractivity contribution is 7.27. The summed E-state index contributed by atoms with van der Waals surface area (Å²) < 4.78 is 9.86. The lowest BCUT2D eigenvalue weighted by atomic mass is 9.99. The van der Waals surface area contributed by atoms with Gasteiger partial charge in [-0.05, 0) is 90.5 Å². The van der Waals surface area contributed by atoms with Crippen molar-refractivity contribution in [3.05, 3.63) is 224 Å². The van der Waals surface area contributed by atoms with Crippen molar-refractivity contribution in [2.45, 2.75) is 27.7 Å². The number of hydrogen-bond donors (Lipinski definition) is 0. The van der Waals surface area contributed by atoms with E-state index in [0.717, 1.165) is 22.7 Å². The smallest absolute Gasteiger partial charge is 0.0555 e. The first-order chi connectivity index (χ1) is 34.7. The third-order valence-electron chi connectivity index (χ3n) is 13.8. The molecule has 0 unspecified atom stereocenters. The number of fused-ring (bicyclic) bond motifs is 13. The molecule has 0 aliphatic rings. The normalized spacial score (nSPS) is 11.5. The molecule has 0 bridgehead atoms. The first-order valence-corrected chi connectivity index (χ1v) is 25.4. The van der Waals surface area contributed by atoms with Gasteiger partial charge in [0, 0.05) is 87.9 Å². The van der Waals surface area contributed by atoms with Crippen molar-refractivity contribution in [2.24, 2.45) is 0 Å². The van der Waals surface area contributed by atoms with Gasteiger partial charge in [-0.3, -0.25) is 0 Å². The van der Waals surface area contributed by atoms with E-state index in [2.05, 4.69) is 250 Å². The summed E-state index contributed by atoms with van der Waals surface area (Å²) in [4.78, 5) is 2.38. The van der Waals surface area contributed by atoms with Crippen molar-refractivity contribution < 1.29 is 0 Å². The van der Waals surface area contributed by atoms with Gasteiger partial charge in [-0.2, -0.15) is 0 Å². The van der Waals surface area contributed by atoms with Crippen LogP contribution in [0.25, 0.3) is 114 Å². The molecule has 4 aromatic heterocycles. The summed E-state index contributed by atoms with van der Waals surface area (Å²) in [5.41, 5.74) is 15.4. The third kappa shape index (κ3) is 6.57. The van der Waals surface area contributed by atoms with Crippen LogP contribution in [-0.4, -0.2) is 20.7 Å². The lowest BCUT2D eigenvalue weighted by Crippen LogP contribution is -2.10. The molecule has 14 aromatic rings. The first kappa shape index (κ1) is 42.9. The molecule has 0 aliphatic carbocycles. The van der Waals surface area contributed by atoms with E-state index in [1.54, 1.807) is 0 Å². The quantitative estimate of drug-likeness (QED) is 0.163. The van der Waals surface area contributed by atoms with Crippen LogP contribution in [0.2, 0.25) is 0 Å². The Morgan fingerprint density at radius 2 is 0.771 bits per heavy atom. The van der Waals surface area contributed by atoms with Gasteiger partial charge < -0.3 is 18.6 Å². The lowest BCUT2D eigenvalue weighted by molar-refractivity contribution is 1.13. The lowest BCUT2D eigenvalue weighted by Gasteiger charge is -2.24. The Bertz CT molecular complexity index is 4190. The highest BCUT2D eigenvalue weighted by atomic mass is 32.1. The fourth-order valence-electron chi connectivity index (χ4n) is 10.9. The van der Waals surface area contributed by atoms with Gasteiger partial charge in [0.2, 0.25) is 0 Å². The fourth-order valence-corrected chi connectivity index (χ4v) is 12.3. The van der Waals surface area contributed by atoms with Crippen molar-refractivity contribution in [1.29, 1.82) is 0 Å². The Labute approximate surface area is 412 Å². The molecule has 0 amide bonds. The number of thiophene rings is 1. The molecular formula is C65H52N4S. The Balaban J connectivity index is 0.00000123. The summed E-state index contributed by atoms with van der Waals surface area (Å²) in [7, 11) is 2.22. The molecule has 70 heavy (non-hydrogen) atoms. The Kier molecular flexibility index (Phi) is 10.8. The fraction of sp³-hybridized carbons (Fsp3) is 0.0769. The number of nitrogens with zero attached hydrogens (tertiary/aromatic N) is 4. The van der Waals surface area contributed by atoms with Crippen LogP contribution in [0.15, 0.2) is 224 Å². The van der Waals surface area contributed by atoms with E-state index < -0.39 is 0 Å². The number of hydrogen-bond acceptors (Lipinski definition) is 2. The second-order valence-electron chi connectivity index (χ2n) is 17.3. The van der Waals surface area contributed by atoms with Crippen molar-refractivity contribution >= 4 is 108 Å². The predicted octanol–water partition coefficient (Wildman–Crippen LogP) is 18.8. The molecule has 0 fully saturated rings. The summed E-state index contributed by atoms with van der Waals surface area (Å²) in [5, 5.41) is 10.1. The van der Waals surface area contributed by atoms with Crippen molar-refractivity contribution in [3.8, 4) is 28.2 Å². The van der Waals surface area contributed by atoms with Crippen LogP contribution >= 0.6 is 11.3 Å². The molecular weight excluding hydrogens is 869 g/mol. The minimum absolute atomic E-state index is 1.14. The van der Waals surface area contributed by atoms with Crippen molar-refractivity contribution in [2.75, 3.05) is 11.9 Å². The standard InChI is InChI=1S/C61H40N4S.2C2H6/c1-62(41-31-34-55-50(38-41)46-25-10-14-29-53(46)63(55)40-19-6-3-7-20-40)56-35-32-47-48-33-36-57-59(61(48)66-60(47)58(56)39-17-4-2-5-18-39)49-26-11-15-30-54(49)65(57)43-22-16-21-42(37-43)64-51-27-12-8-23-44(51)45-24-9-13-28-52(45)64;2*1-2/h2-38H,1H3;2*1-2H3. The molecule has 4 nitrogen and oxygen atoms in total. The average molecular weight is 921 g/mol. The second kappa shape index (κ2) is 17.6. The number of anilines is 2. The van der Waals surface area contributed by atoms with Crippen LogP contribution in [-0.2, 0) is 0 Å². The van der Waals surface area contributed by atoms with Crippen LogP contribution in [0.4, 0.5) is 11.4 Å². The van der Waals surface area contributed by atoms with Gasteiger partial charge in [0.1, 0.15) is 0 Å². The van der Waals surface area contributed by atoms with Crippen LogP contribution in [0.5, 0.6) is 0 Å². The summed E-state index contributed by atoms with van der Waals surface area (Å²) in [6, 6.07) is 82.2. The average Bonchev–Trinajstić information content (AvgIpc) is 4.18. The molecule has 338 valence electrons. The second-order valence-corrected chi connectivity index (χ2v) is 18.4. The van der Waals surface area contributed by atoms with Gasteiger partial charge in [0.15, 0.2) is 0 Å². The van der Waals surface area contributed by atoms with E-state index in [0.29, 0.717) is 0 Å². The maximum absolute atomic E-state index is 2.47. The molecule has 0 saturated heterocycles. The highest BCUT2D eigenvalue weighted by Gasteiger charge is 2.23. The van der Waals surface area contributed by atoms with E-state index in [1.807, 2.05) is 39.0 Å². The molecule has 0 saturated carbocycles. The number of para-hydroxylation sites is 5. The van der Waals surface area contributed by atoms with Gasteiger partial charge in [0.25, 0.3) is 0 Å². The molecule has 0 atom stereocenters. The van der Waals surface area contributed by atoms with Crippen LogP contribution in [0.3, 0.4) is 0 Å². The number of aromatic nitrogens is 3. The Hall–Kier alpha value is -8.38. The monoisotopic (exact) mass is 920 g/mol. The zero-order valence-electron chi connectivity index (χ0n) is 40.1. The van der Waals surface area contributed by atoms with Gasteiger partial charge in [-0.1, -0.05) is 167 Å². The summed E-state index contributed by atoms with van der Waals surface area (Å²) >= 11 is 1.92. The van der Waals surface area contributed by atoms with Crippen LogP contribution in [0, 0.1) is 0 Å². The predicted molar refractivity (Wildman–Crippen MR) is 305 cm³/mol. The SMILES string of the molecule is CC.CC.CN(c1ccc2c(c1)c1ccccc1n2-c1ccccc1)c1ccc2c(sc3c2ccc2c3c3ccccc3n2-c2cccc(-n3c4ccccc4c4ccccc43)c2)c1-c1ccccc1. The van der Waals surface area contributed by atoms with Crippen molar-refractivity contribution in [1.82, 2.24) is 13.7 Å². The zero-order valence-corrected chi connectivity index (χ0v) is 40.9. The van der Waals surface area contributed by atoms with E-state index in [-0.39, 0.29) is 0 Å². The Morgan fingerprint density at radius 3 is 1.40 bits per heavy atom. The molecule has 10 aromatic carbocycles. The maximum atomic E-state index is 2.47. The van der Waals surface area contributed by atoms with E-state index in [4.69, 9.17) is 0 Å². The number of benzene rings is 10. The van der Waals surface area contributed by atoms with Crippen LogP contribution in [0.1, 0.15) is 27.7 Å². The van der Waals surface area contributed by atoms with Gasteiger partial charge in [-0.25, -0.2) is 0 Å². The van der Waals surface area contributed by atoms with E-state index in [1.165, 1.54) is 102 Å². The molecule has 0 spiro atoms. The van der Waals surface area contributed by atoms with Gasteiger partial charge >= 0.3 is 0 Å². The molecule has 0 N–H and O–H groups in total. The molecule has 0 aliphatic heterocycles. The summed E-state index contributed by atoms with van der Waals surface area (Å²) in [6.45, 7) is 8.00. The Morgan fingerprint density at radius 1 is 0.329 bits per heavy atom. The molecule has 14 rings (SSSR count). The van der Waals surface area contributed by atoms with Gasteiger partial charge in [0.05, 0.1) is 38.8 Å². The van der Waals surface area contributed by atoms with E-state index in [9.17, 15) is 0 Å². The highest BCUT2D eigenvalue weighted by Crippen LogP contribution is 2.50. The first-order valence-electron chi connectivity index (χ1n) is 24.6.